The molecule has 18 heavy (non-hydrogen) atoms. The number of hydrogen-bond acceptors (Lipinski definition) is 0. The molecule has 1 rings (SSSR count). The van der Waals surface area contributed by atoms with Crippen LogP contribution in [-0.2, 0) is 12.8 Å². The van der Waals surface area contributed by atoms with Gasteiger partial charge in [-0.3, -0.25) is 0 Å². The monoisotopic (exact) mass is 310 g/mol. The SMILES string of the molecule is CCCCCCCCCc1cccc(Br)c1CC. The van der Waals surface area contributed by atoms with Crippen LogP contribution in [0.1, 0.15) is 69.9 Å². The van der Waals surface area contributed by atoms with Gasteiger partial charge in [-0.1, -0.05) is 80.4 Å². The summed E-state index contributed by atoms with van der Waals surface area (Å²) < 4.78 is 1.28. The van der Waals surface area contributed by atoms with E-state index >= 15 is 0 Å². The Morgan fingerprint density at radius 2 is 1.56 bits per heavy atom. The molecule has 0 atom stereocenters. The molecule has 0 spiro atoms. The number of benzene rings is 1. The van der Waals surface area contributed by atoms with Crippen LogP contribution in [0.5, 0.6) is 0 Å². The normalized spacial score (nSPS) is 10.8. The van der Waals surface area contributed by atoms with Gasteiger partial charge in [-0.2, -0.15) is 0 Å². The predicted octanol–water partition coefficient (Wildman–Crippen LogP) is 6.30. The van der Waals surface area contributed by atoms with Crippen LogP contribution in [0.2, 0.25) is 0 Å². The van der Waals surface area contributed by atoms with Gasteiger partial charge in [-0.05, 0) is 36.5 Å². The van der Waals surface area contributed by atoms with Crippen molar-refractivity contribution in [3.63, 3.8) is 0 Å². The topological polar surface area (TPSA) is 0 Å². The third-order valence-electron chi connectivity index (χ3n) is 3.62. The van der Waals surface area contributed by atoms with E-state index in [4.69, 9.17) is 0 Å². The Bertz CT molecular complexity index is 330. The largest absolute Gasteiger partial charge is 0.0654 e. The average molecular weight is 311 g/mol. The van der Waals surface area contributed by atoms with E-state index in [0.29, 0.717) is 0 Å². The van der Waals surface area contributed by atoms with Gasteiger partial charge in [0.1, 0.15) is 0 Å². The predicted molar refractivity (Wildman–Crippen MR) is 85.2 cm³/mol. The van der Waals surface area contributed by atoms with E-state index in [-0.39, 0.29) is 0 Å². The molecule has 0 aromatic heterocycles. The average Bonchev–Trinajstić information content (AvgIpc) is 2.38. The van der Waals surface area contributed by atoms with Crippen LogP contribution < -0.4 is 0 Å². The number of rotatable bonds is 9. The van der Waals surface area contributed by atoms with Crippen LogP contribution in [0.3, 0.4) is 0 Å². The lowest BCUT2D eigenvalue weighted by molar-refractivity contribution is 0.588. The van der Waals surface area contributed by atoms with E-state index in [2.05, 4.69) is 48.0 Å². The lowest BCUT2D eigenvalue weighted by atomic mass is 9.99. The highest BCUT2D eigenvalue weighted by atomic mass is 79.9. The zero-order valence-corrected chi connectivity index (χ0v) is 13.6. The van der Waals surface area contributed by atoms with Crippen LogP contribution >= 0.6 is 15.9 Å². The molecule has 0 amide bonds. The first kappa shape index (κ1) is 15.8. The summed E-state index contributed by atoms with van der Waals surface area (Å²) in [5, 5.41) is 0. The maximum Gasteiger partial charge on any atom is 0.0209 e. The summed E-state index contributed by atoms with van der Waals surface area (Å²) in [6.07, 6.45) is 12.1. The minimum atomic E-state index is 1.13. The molecule has 0 aliphatic carbocycles. The summed E-state index contributed by atoms with van der Waals surface area (Å²) in [4.78, 5) is 0. The first-order valence-electron chi connectivity index (χ1n) is 7.55. The van der Waals surface area contributed by atoms with Gasteiger partial charge >= 0.3 is 0 Å². The Hall–Kier alpha value is -0.300. The summed E-state index contributed by atoms with van der Waals surface area (Å²) in [5.74, 6) is 0. The fraction of sp³-hybridized carbons (Fsp3) is 0.647. The molecule has 0 aliphatic rings. The van der Waals surface area contributed by atoms with Crippen molar-refractivity contribution >= 4 is 15.9 Å². The number of aryl methyl sites for hydroxylation is 1. The van der Waals surface area contributed by atoms with Gasteiger partial charge in [0.25, 0.3) is 0 Å². The third kappa shape index (κ3) is 5.56. The molecule has 102 valence electrons. The van der Waals surface area contributed by atoms with E-state index in [1.807, 2.05) is 0 Å². The molecule has 0 fully saturated rings. The van der Waals surface area contributed by atoms with Crippen LogP contribution in [-0.4, -0.2) is 0 Å². The van der Waals surface area contributed by atoms with Crippen molar-refractivity contribution in [2.45, 2.75) is 71.6 Å². The Kier molecular flexibility index (Phi) is 8.41. The molecule has 1 aromatic rings. The van der Waals surface area contributed by atoms with Gasteiger partial charge in [0, 0.05) is 4.47 Å². The standard InChI is InChI=1S/C17H27Br/c1-3-5-6-7-8-9-10-12-15-13-11-14-17(18)16(15)4-2/h11,13-14H,3-10,12H2,1-2H3. The molecule has 0 heterocycles. The zero-order valence-electron chi connectivity index (χ0n) is 12.0. The van der Waals surface area contributed by atoms with Crippen molar-refractivity contribution in [3.05, 3.63) is 33.8 Å². The fourth-order valence-electron chi connectivity index (χ4n) is 2.51. The van der Waals surface area contributed by atoms with E-state index < -0.39 is 0 Å². The summed E-state index contributed by atoms with van der Waals surface area (Å²) in [5.41, 5.74) is 3.05. The Morgan fingerprint density at radius 1 is 0.889 bits per heavy atom. The van der Waals surface area contributed by atoms with Crippen LogP contribution in [0, 0.1) is 0 Å². The summed E-state index contributed by atoms with van der Waals surface area (Å²) >= 11 is 3.66. The van der Waals surface area contributed by atoms with Crippen molar-refractivity contribution in [2.75, 3.05) is 0 Å². The number of hydrogen-bond donors (Lipinski definition) is 0. The second kappa shape index (κ2) is 9.61. The van der Waals surface area contributed by atoms with Gasteiger partial charge in [-0.25, -0.2) is 0 Å². The van der Waals surface area contributed by atoms with Gasteiger partial charge in [-0.15, -0.1) is 0 Å². The van der Waals surface area contributed by atoms with Crippen molar-refractivity contribution in [3.8, 4) is 0 Å². The minimum Gasteiger partial charge on any atom is -0.0654 e. The fourth-order valence-corrected chi connectivity index (χ4v) is 3.19. The molecule has 1 aromatic carbocycles. The first-order chi connectivity index (χ1) is 8.79. The number of unbranched alkanes of at least 4 members (excludes halogenated alkanes) is 6. The third-order valence-corrected chi connectivity index (χ3v) is 4.36. The van der Waals surface area contributed by atoms with E-state index in [1.54, 1.807) is 5.56 Å². The van der Waals surface area contributed by atoms with Crippen molar-refractivity contribution in [1.29, 1.82) is 0 Å². The van der Waals surface area contributed by atoms with Crippen LogP contribution in [0.4, 0.5) is 0 Å². The van der Waals surface area contributed by atoms with E-state index in [9.17, 15) is 0 Å². The molecular weight excluding hydrogens is 284 g/mol. The molecule has 0 bridgehead atoms. The maximum atomic E-state index is 3.66. The molecule has 0 saturated heterocycles. The molecular formula is C17H27Br. The summed E-state index contributed by atoms with van der Waals surface area (Å²) in [6.45, 7) is 4.52. The first-order valence-corrected chi connectivity index (χ1v) is 8.35. The highest BCUT2D eigenvalue weighted by Gasteiger charge is 2.04. The summed E-state index contributed by atoms with van der Waals surface area (Å²) in [6, 6.07) is 6.62. The van der Waals surface area contributed by atoms with Gasteiger partial charge in [0.15, 0.2) is 0 Å². The van der Waals surface area contributed by atoms with Crippen LogP contribution in [0.25, 0.3) is 0 Å². The van der Waals surface area contributed by atoms with E-state index in [0.717, 1.165) is 6.42 Å². The van der Waals surface area contributed by atoms with Gasteiger partial charge in [0.05, 0.1) is 0 Å². The van der Waals surface area contributed by atoms with Gasteiger partial charge < -0.3 is 0 Å². The molecule has 0 nitrogen and oxygen atoms in total. The highest BCUT2D eigenvalue weighted by Crippen LogP contribution is 2.23. The minimum absolute atomic E-state index is 1.13. The molecule has 0 saturated carbocycles. The van der Waals surface area contributed by atoms with Crippen molar-refractivity contribution < 1.29 is 0 Å². The number of halogens is 1. The Morgan fingerprint density at radius 3 is 2.22 bits per heavy atom. The van der Waals surface area contributed by atoms with Crippen molar-refractivity contribution in [2.24, 2.45) is 0 Å². The van der Waals surface area contributed by atoms with Crippen LogP contribution in [0.15, 0.2) is 22.7 Å². The van der Waals surface area contributed by atoms with E-state index in [1.165, 1.54) is 61.4 Å². The van der Waals surface area contributed by atoms with Gasteiger partial charge in [0.2, 0.25) is 0 Å². The summed E-state index contributed by atoms with van der Waals surface area (Å²) in [7, 11) is 0. The highest BCUT2D eigenvalue weighted by molar-refractivity contribution is 9.10. The molecule has 0 radical (unpaired) electrons. The Balaban J connectivity index is 2.25. The molecule has 1 heteroatoms. The lowest BCUT2D eigenvalue weighted by Gasteiger charge is -2.09. The quantitative estimate of drug-likeness (QED) is 0.469. The molecule has 0 unspecified atom stereocenters. The van der Waals surface area contributed by atoms with Crippen molar-refractivity contribution in [1.82, 2.24) is 0 Å². The molecule has 0 N–H and O–H groups in total. The second-order valence-corrected chi connectivity index (χ2v) is 5.96. The zero-order chi connectivity index (χ0) is 13.2. The Labute approximate surface area is 121 Å². The molecule has 0 aliphatic heterocycles. The maximum absolute atomic E-state index is 3.66. The lowest BCUT2D eigenvalue weighted by Crippen LogP contribution is -1.94. The smallest absolute Gasteiger partial charge is 0.0209 e. The second-order valence-electron chi connectivity index (χ2n) is 5.10.